The lowest BCUT2D eigenvalue weighted by atomic mass is 10.0. The van der Waals surface area contributed by atoms with Crippen LogP contribution in [-0.2, 0) is 21.9 Å². The monoisotopic (exact) mass is 352 g/mol. The Kier molecular flexibility index (Phi) is 3.92. The predicted octanol–water partition coefficient (Wildman–Crippen LogP) is 0.0629. The molecule has 1 atom stereocenters. The minimum Gasteiger partial charge on any atom is -0.481 e. The summed E-state index contributed by atoms with van der Waals surface area (Å²) in [7, 11) is -2.31. The van der Waals surface area contributed by atoms with Crippen LogP contribution in [0.1, 0.15) is 12.8 Å². The van der Waals surface area contributed by atoms with Crippen LogP contribution < -0.4 is 0 Å². The van der Waals surface area contributed by atoms with Gasteiger partial charge >= 0.3 is 5.97 Å². The van der Waals surface area contributed by atoms with Gasteiger partial charge < -0.3 is 5.11 Å². The van der Waals surface area contributed by atoms with Gasteiger partial charge in [-0.15, -0.1) is 5.10 Å². The minimum atomic E-state index is -3.79. The van der Waals surface area contributed by atoms with E-state index in [2.05, 4.69) is 26.2 Å². The van der Waals surface area contributed by atoms with Crippen molar-refractivity contribution in [1.29, 1.82) is 0 Å². The molecule has 106 valence electrons. The average molecular weight is 353 g/mol. The predicted molar refractivity (Wildman–Crippen MR) is 67.8 cm³/mol. The van der Waals surface area contributed by atoms with E-state index < -0.39 is 21.9 Å². The number of aliphatic carboxylic acids is 1. The van der Waals surface area contributed by atoms with E-state index >= 15 is 0 Å². The Morgan fingerprint density at radius 1 is 1.53 bits per heavy atom. The van der Waals surface area contributed by atoms with Crippen molar-refractivity contribution >= 4 is 31.9 Å². The van der Waals surface area contributed by atoms with Gasteiger partial charge in [-0.3, -0.25) is 4.79 Å². The van der Waals surface area contributed by atoms with Crippen LogP contribution in [0.4, 0.5) is 0 Å². The zero-order chi connectivity index (χ0) is 14.2. The SMILES string of the molecule is Cn1nnc(Br)c1S(=O)(=O)N1CCC[C@H](C(=O)O)C1. The Labute approximate surface area is 118 Å². The highest BCUT2D eigenvalue weighted by Gasteiger charge is 2.36. The molecule has 10 heteroatoms. The molecular formula is C9H13BrN4O4S. The maximum absolute atomic E-state index is 12.5. The molecule has 0 saturated carbocycles. The van der Waals surface area contributed by atoms with Gasteiger partial charge in [0, 0.05) is 20.1 Å². The number of carbonyl (C=O) groups is 1. The van der Waals surface area contributed by atoms with Crippen LogP contribution in [0.3, 0.4) is 0 Å². The largest absolute Gasteiger partial charge is 0.481 e. The first kappa shape index (κ1) is 14.4. The molecule has 1 saturated heterocycles. The van der Waals surface area contributed by atoms with Gasteiger partial charge in [0.25, 0.3) is 10.0 Å². The Bertz CT molecular complexity index is 580. The molecule has 1 aliphatic rings. The van der Waals surface area contributed by atoms with Crippen molar-refractivity contribution in [3.8, 4) is 0 Å². The highest BCUT2D eigenvalue weighted by Crippen LogP contribution is 2.26. The highest BCUT2D eigenvalue weighted by molar-refractivity contribution is 9.10. The maximum atomic E-state index is 12.5. The molecule has 2 heterocycles. The Morgan fingerprint density at radius 3 is 2.74 bits per heavy atom. The highest BCUT2D eigenvalue weighted by atomic mass is 79.9. The van der Waals surface area contributed by atoms with E-state index in [-0.39, 0.29) is 16.2 Å². The normalized spacial score (nSPS) is 21.5. The van der Waals surface area contributed by atoms with Crippen molar-refractivity contribution < 1.29 is 18.3 Å². The van der Waals surface area contributed by atoms with Crippen LogP contribution >= 0.6 is 15.9 Å². The number of halogens is 1. The fraction of sp³-hybridized carbons (Fsp3) is 0.667. The zero-order valence-corrected chi connectivity index (χ0v) is 12.6. The average Bonchev–Trinajstić information content (AvgIpc) is 2.69. The quantitative estimate of drug-likeness (QED) is 0.824. The number of hydrogen-bond acceptors (Lipinski definition) is 5. The lowest BCUT2D eigenvalue weighted by molar-refractivity contribution is -0.142. The Balaban J connectivity index is 2.32. The van der Waals surface area contributed by atoms with E-state index in [9.17, 15) is 13.2 Å². The molecule has 0 bridgehead atoms. The third-order valence-corrected chi connectivity index (χ3v) is 5.81. The van der Waals surface area contributed by atoms with Crippen LogP contribution in [0, 0.1) is 5.92 Å². The summed E-state index contributed by atoms with van der Waals surface area (Å²) in [5, 5.41) is 16.2. The number of sulfonamides is 1. The van der Waals surface area contributed by atoms with Crippen LogP contribution in [0.2, 0.25) is 0 Å². The molecule has 0 spiro atoms. The molecule has 1 N–H and O–H groups in total. The van der Waals surface area contributed by atoms with Crippen LogP contribution in [0.25, 0.3) is 0 Å². The first-order valence-corrected chi connectivity index (χ1v) is 7.85. The summed E-state index contributed by atoms with van der Waals surface area (Å²) < 4.78 is 27.4. The first-order chi connectivity index (χ1) is 8.84. The van der Waals surface area contributed by atoms with Gasteiger partial charge in [-0.25, -0.2) is 13.1 Å². The number of nitrogens with zero attached hydrogens (tertiary/aromatic N) is 4. The summed E-state index contributed by atoms with van der Waals surface area (Å²) in [4.78, 5) is 11.0. The second kappa shape index (κ2) is 5.17. The number of aromatic nitrogens is 3. The number of rotatable bonds is 3. The van der Waals surface area contributed by atoms with Gasteiger partial charge in [-0.05, 0) is 28.8 Å². The van der Waals surface area contributed by atoms with Crippen molar-refractivity contribution in [3.63, 3.8) is 0 Å². The summed E-state index contributed by atoms with van der Waals surface area (Å²) in [6.07, 6.45) is 1.02. The lowest BCUT2D eigenvalue weighted by Crippen LogP contribution is -2.42. The van der Waals surface area contributed by atoms with Crippen LogP contribution in [0.5, 0.6) is 0 Å². The summed E-state index contributed by atoms with van der Waals surface area (Å²) in [6, 6.07) is 0. The second-order valence-corrected chi connectivity index (χ2v) is 6.95. The lowest BCUT2D eigenvalue weighted by Gasteiger charge is -2.29. The first-order valence-electron chi connectivity index (χ1n) is 5.62. The van der Waals surface area contributed by atoms with Crippen molar-refractivity contribution in [2.24, 2.45) is 13.0 Å². The summed E-state index contributed by atoms with van der Waals surface area (Å²) >= 11 is 3.05. The fourth-order valence-corrected chi connectivity index (χ4v) is 4.64. The van der Waals surface area contributed by atoms with E-state index in [4.69, 9.17) is 5.11 Å². The van der Waals surface area contributed by atoms with Crippen LogP contribution in [0.15, 0.2) is 9.63 Å². The molecule has 1 aromatic rings. The van der Waals surface area contributed by atoms with Gasteiger partial charge in [0.05, 0.1) is 5.92 Å². The smallest absolute Gasteiger partial charge is 0.307 e. The summed E-state index contributed by atoms with van der Waals surface area (Å²) in [5.74, 6) is -1.63. The standard InChI is InChI=1S/C9H13BrN4O4S/c1-13-8(7(10)11-12-13)19(17,18)14-4-2-3-6(5-14)9(15)16/h6H,2-5H2,1H3,(H,15,16)/t6-/m0/s1. The third-order valence-electron chi connectivity index (χ3n) is 3.05. The summed E-state index contributed by atoms with van der Waals surface area (Å²) in [6.45, 7) is 0.291. The molecule has 1 aromatic heterocycles. The molecule has 1 fully saturated rings. The topological polar surface area (TPSA) is 105 Å². The molecule has 0 amide bonds. The number of carboxylic acid groups (broad SMARTS) is 1. The second-order valence-electron chi connectivity index (χ2n) is 4.35. The molecular weight excluding hydrogens is 340 g/mol. The number of aryl methyl sites for hydroxylation is 1. The number of piperidine rings is 1. The number of hydrogen-bond donors (Lipinski definition) is 1. The van der Waals surface area contributed by atoms with Crippen molar-refractivity contribution in [2.75, 3.05) is 13.1 Å². The van der Waals surface area contributed by atoms with Gasteiger partial charge in [-0.1, -0.05) is 5.21 Å². The maximum Gasteiger partial charge on any atom is 0.307 e. The molecule has 0 radical (unpaired) electrons. The van der Waals surface area contributed by atoms with Crippen molar-refractivity contribution in [3.05, 3.63) is 4.60 Å². The van der Waals surface area contributed by atoms with Crippen molar-refractivity contribution in [1.82, 2.24) is 19.3 Å². The van der Waals surface area contributed by atoms with E-state index in [1.807, 2.05) is 0 Å². The van der Waals surface area contributed by atoms with Crippen LogP contribution in [-0.4, -0.2) is 51.9 Å². The van der Waals surface area contributed by atoms with Gasteiger partial charge in [0.2, 0.25) is 5.03 Å². The van der Waals surface area contributed by atoms with E-state index in [1.165, 1.54) is 11.4 Å². The Morgan fingerprint density at radius 2 is 2.21 bits per heavy atom. The zero-order valence-electron chi connectivity index (χ0n) is 10.2. The molecule has 2 rings (SSSR count). The van der Waals surface area contributed by atoms with E-state index in [0.29, 0.717) is 19.4 Å². The van der Waals surface area contributed by atoms with Gasteiger partial charge in [0.1, 0.15) is 0 Å². The number of carboxylic acids is 1. The molecule has 0 aliphatic carbocycles. The van der Waals surface area contributed by atoms with E-state index in [1.54, 1.807) is 0 Å². The molecule has 0 aromatic carbocycles. The minimum absolute atomic E-state index is 0.0186. The molecule has 1 aliphatic heterocycles. The third kappa shape index (κ3) is 2.65. The summed E-state index contributed by atoms with van der Waals surface area (Å²) in [5.41, 5.74) is 0. The molecule has 0 unspecified atom stereocenters. The molecule has 19 heavy (non-hydrogen) atoms. The fourth-order valence-electron chi connectivity index (χ4n) is 2.08. The van der Waals surface area contributed by atoms with Crippen molar-refractivity contribution in [2.45, 2.75) is 17.9 Å². The molecule has 8 nitrogen and oxygen atoms in total. The van der Waals surface area contributed by atoms with E-state index in [0.717, 1.165) is 4.68 Å². The van der Waals surface area contributed by atoms with Gasteiger partial charge in [-0.2, -0.15) is 4.31 Å². The Hall–Kier alpha value is -1.00. The van der Waals surface area contributed by atoms with Gasteiger partial charge in [0.15, 0.2) is 4.60 Å².